The Bertz CT molecular complexity index is 743. The minimum Gasteiger partial charge on any atom is -0.356 e. The Morgan fingerprint density at radius 1 is 1.12 bits per heavy atom. The van der Waals surface area contributed by atoms with Crippen LogP contribution in [0.15, 0.2) is 24.3 Å². The molecule has 1 fully saturated rings. The van der Waals surface area contributed by atoms with E-state index in [1.807, 2.05) is 0 Å². The Labute approximate surface area is 142 Å². The zero-order valence-electron chi connectivity index (χ0n) is 13.0. The lowest BCUT2D eigenvalue weighted by molar-refractivity contribution is -0.137. The lowest BCUT2D eigenvalue weighted by Crippen LogP contribution is -2.19. The second-order valence-electron chi connectivity index (χ2n) is 5.67. The van der Waals surface area contributed by atoms with Crippen LogP contribution in [0.1, 0.15) is 24.2 Å². The summed E-state index contributed by atoms with van der Waals surface area (Å²) in [5.41, 5.74) is -0.600. The Hall–Kier alpha value is -2.02. The summed E-state index contributed by atoms with van der Waals surface area (Å²) in [5, 5.41) is 3.08. The highest BCUT2D eigenvalue weighted by Gasteiger charge is 2.31. The zero-order valence-corrected chi connectivity index (χ0v) is 13.7. The summed E-state index contributed by atoms with van der Waals surface area (Å²) in [5.74, 6) is 1.74. The molecule has 24 heavy (non-hydrogen) atoms. The molecule has 2 aromatic rings. The van der Waals surface area contributed by atoms with Gasteiger partial charge in [-0.1, -0.05) is 11.6 Å². The Morgan fingerprint density at radius 3 is 2.50 bits per heavy atom. The van der Waals surface area contributed by atoms with Crippen LogP contribution in [0.4, 0.5) is 30.5 Å². The van der Waals surface area contributed by atoms with Gasteiger partial charge in [-0.15, -0.1) is 0 Å². The zero-order chi connectivity index (χ0) is 17.3. The maximum atomic E-state index is 12.9. The number of aryl methyl sites for hydroxylation is 1. The number of nitrogens with zero attached hydrogens (tertiary/aromatic N) is 3. The SMILES string of the molecule is Cc1nc(Nc2cc(C(F)(F)F)ccc2Cl)cc(N2CCCC2)n1. The van der Waals surface area contributed by atoms with Gasteiger partial charge in [-0.2, -0.15) is 13.2 Å². The number of aromatic nitrogens is 2. The molecule has 0 amide bonds. The molecule has 0 unspecified atom stereocenters. The van der Waals surface area contributed by atoms with Crippen molar-refractivity contribution in [3.05, 3.63) is 40.7 Å². The third-order valence-electron chi connectivity index (χ3n) is 3.81. The molecule has 1 aliphatic heterocycles. The molecule has 0 aliphatic carbocycles. The summed E-state index contributed by atoms with van der Waals surface area (Å²) in [6, 6.07) is 4.89. The molecule has 4 nitrogen and oxygen atoms in total. The van der Waals surface area contributed by atoms with E-state index >= 15 is 0 Å². The fraction of sp³-hybridized carbons (Fsp3) is 0.375. The standard InChI is InChI=1S/C16H16ClF3N4/c1-10-21-14(9-15(22-10)24-6-2-3-7-24)23-13-8-11(16(18,19)20)4-5-12(13)17/h4-5,8-9H,2-3,6-7H2,1H3,(H,21,22,23). The maximum Gasteiger partial charge on any atom is 0.416 e. The van der Waals surface area contributed by atoms with E-state index in [1.165, 1.54) is 6.07 Å². The summed E-state index contributed by atoms with van der Waals surface area (Å²) < 4.78 is 38.6. The first-order valence-corrected chi connectivity index (χ1v) is 7.95. The highest BCUT2D eigenvalue weighted by Crippen LogP contribution is 2.35. The van der Waals surface area contributed by atoms with Gasteiger partial charge in [-0.3, -0.25) is 0 Å². The van der Waals surface area contributed by atoms with Gasteiger partial charge in [0.15, 0.2) is 0 Å². The molecule has 3 rings (SSSR count). The van der Waals surface area contributed by atoms with E-state index in [0.29, 0.717) is 11.6 Å². The van der Waals surface area contributed by atoms with Crippen molar-refractivity contribution in [2.75, 3.05) is 23.3 Å². The summed E-state index contributed by atoms with van der Waals surface area (Å²) >= 11 is 6.02. The van der Waals surface area contributed by atoms with Crippen molar-refractivity contribution in [2.24, 2.45) is 0 Å². The van der Waals surface area contributed by atoms with E-state index in [1.54, 1.807) is 13.0 Å². The van der Waals surface area contributed by atoms with Crippen LogP contribution in [0.2, 0.25) is 5.02 Å². The summed E-state index contributed by atoms with van der Waals surface area (Å²) in [6.45, 7) is 3.58. The minimum atomic E-state index is -4.43. The Kier molecular flexibility index (Phi) is 4.54. The van der Waals surface area contributed by atoms with Gasteiger partial charge in [0, 0.05) is 19.2 Å². The molecule has 1 aliphatic rings. The van der Waals surface area contributed by atoms with Crippen LogP contribution < -0.4 is 10.2 Å². The normalized spacial score (nSPS) is 15.0. The molecule has 0 bridgehead atoms. The van der Waals surface area contributed by atoms with Gasteiger partial charge in [0.05, 0.1) is 16.3 Å². The quantitative estimate of drug-likeness (QED) is 0.857. The maximum absolute atomic E-state index is 12.9. The van der Waals surface area contributed by atoms with Crippen LogP contribution in [-0.2, 0) is 6.18 Å². The van der Waals surface area contributed by atoms with Crippen LogP contribution in [0.3, 0.4) is 0 Å². The van der Waals surface area contributed by atoms with Gasteiger partial charge in [-0.25, -0.2) is 9.97 Å². The largest absolute Gasteiger partial charge is 0.416 e. The molecule has 1 saturated heterocycles. The minimum absolute atomic E-state index is 0.164. The van der Waals surface area contributed by atoms with Crippen molar-refractivity contribution in [1.29, 1.82) is 0 Å². The van der Waals surface area contributed by atoms with E-state index in [2.05, 4.69) is 20.2 Å². The van der Waals surface area contributed by atoms with Gasteiger partial charge in [0.1, 0.15) is 17.5 Å². The van der Waals surface area contributed by atoms with Crippen molar-refractivity contribution in [2.45, 2.75) is 25.9 Å². The Morgan fingerprint density at radius 2 is 1.83 bits per heavy atom. The molecule has 2 heterocycles. The number of rotatable bonds is 3. The lowest BCUT2D eigenvalue weighted by Gasteiger charge is -2.18. The molecular formula is C16H16ClF3N4. The van der Waals surface area contributed by atoms with E-state index in [0.717, 1.165) is 43.9 Å². The van der Waals surface area contributed by atoms with Gasteiger partial charge >= 0.3 is 6.18 Å². The van der Waals surface area contributed by atoms with Gasteiger partial charge in [-0.05, 0) is 38.0 Å². The highest BCUT2D eigenvalue weighted by molar-refractivity contribution is 6.33. The van der Waals surface area contributed by atoms with Crippen LogP contribution in [0.25, 0.3) is 0 Å². The molecule has 128 valence electrons. The third-order valence-corrected chi connectivity index (χ3v) is 4.14. The van der Waals surface area contributed by atoms with E-state index in [4.69, 9.17) is 11.6 Å². The molecule has 8 heteroatoms. The molecule has 1 aromatic heterocycles. The molecule has 0 saturated carbocycles. The number of alkyl halides is 3. The predicted molar refractivity (Wildman–Crippen MR) is 88.0 cm³/mol. The topological polar surface area (TPSA) is 41.1 Å². The first-order chi connectivity index (χ1) is 11.3. The average molecular weight is 357 g/mol. The van der Waals surface area contributed by atoms with Crippen molar-refractivity contribution in [3.8, 4) is 0 Å². The van der Waals surface area contributed by atoms with Crippen molar-refractivity contribution in [1.82, 2.24) is 9.97 Å². The van der Waals surface area contributed by atoms with Crippen LogP contribution in [0.5, 0.6) is 0 Å². The van der Waals surface area contributed by atoms with Gasteiger partial charge in [0.25, 0.3) is 0 Å². The molecule has 1 N–H and O–H groups in total. The number of halogens is 4. The molecule has 0 radical (unpaired) electrons. The van der Waals surface area contributed by atoms with Crippen molar-refractivity contribution < 1.29 is 13.2 Å². The highest BCUT2D eigenvalue weighted by atomic mass is 35.5. The second-order valence-corrected chi connectivity index (χ2v) is 6.08. The fourth-order valence-corrected chi connectivity index (χ4v) is 2.82. The van der Waals surface area contributed by atoms with E-state index < -0.39 is 11.7 Å². The van der Waals surface area contributed by atoms with Crippen LogP contribution in [0, 0.1) is 6.92 Å². The summed E-state index contributed by atoms with van der Waals surface area (Å²) in [6.07, 6.45) is -2.22. The fourth-order valence-electron chi connectivity index (χ4n) is 2.66. The first kappa shape index (κ1) is 16.8. The Balaban J connectivity index is 1.91. The predicted octanol–water partition coefficient (Wildman–Crippen LogP) is 4.80. The van der Waals surface area contributed by atoms with E-state index in [9.17, 15) is 13.2 Å². The van der Waals surface area contributed by atoms with Crippen molar-refractivity contribution >= 4 is 28.9 Å². The van der Waals surface area contributed by atoms with Crippen LogP contribution in [-0.4, -0.2) is 23.1 Å². The second kappa shape index (κ2) is 6.47. The molecule has 1 aromatic carbocycles. The number of hydrogen-bond donors (Lipinski definition) is 1. The number of anilines is 3. The number of hydrogen-bond acceptors (Lipinski definition) is 4. The average Bonchev–Trinajstić information content (AvgIpc) is 3.02. The summed E-state index contributed by atoms with van der Waals surface area (Å²) in [4.78, 5) is 10.8. The molecule has 0 atom stereocenters. The van der Waals surface area contributed by atoms with E-state index in [-0.39, 0.29) is 10.7 Å². The van der Waals surface area contributed by atoms with Gasteiger partial charge in [0.2, 0.25) is 0 Å². The van der Waals surface area contributed by atoms with Crippen molar-refractivity contribution in [3.63, 3.8) is 0 Å². The molecular weight excluding hydrogens is 341 g/mol. The summed E-state index contributed by atoms with van der Waals surface area (Å²) in [7, 11) is 0. The third kappa shape index (κ3) is 3.72. The smallest absolute Gasteiger partial charge is 0.356 e. The number of nitrogens with one attached hydrogen (secondary N) is 1. The number of benzene rings is 1. The molecule has 0 spiro atoms. The van der Waals surface area contributed by atoms with Gasteiger partial charge < -0.3 is 10.2 Å². The van der Waals surface area contributed by atoms with Crippen LogP contribution >= 0.6 is 11.6 Å². The monoisotopic (exact) mass is 356 g/mol. The first-order valence-electron chi connectivity index (χ1n) is 7.57. The lowest BCUT2D eigenvalue weighted by atomic mass is 10.2.